The first-order valence-electron chi connectivity index (χ1n) is 8.14. The van der Waals surface area contributed by atoms with Crippen LogP contribution >= 0.6 is 0 Å². The number of likely N-dealkylation sites (N-methyl/N-ethyl adjacent to an activating group) is 1. The number of nitrogens with one attached hydrogen (secondary N) is 1. The summed E-state index contributed by atoms with van der Waals surface area (Å²) in [7, 11) is 1.71. The largest absolute Gasteiger partial charge is 0.482 e. The molecule has 6 heteroatoms. The van der Waals surface area contributed by atoms with Gasteiger partial charge in [0.05, 0.1) is 11.7 Å². The summed E-state index contributed by atoms with van der Waals surface area (Å²) in [5.41, 5.74) is 1.31. The molecule has 1 aromatic rings. The first-order chi connectivity index (χ1) is 11.1. The monoisotopic (exact) mass is 317 g/mol. The summed E-state index contributed by atoms with van der Waals surface area (Å²) in [5.74, 6) is 0.665. The maximum atomic E-state index is 12.9. The topological polar surface area (TPSA) is 61.9 Å². The second-order valence-corrected chi connectivity index (χ2v) is 6.00. The van der Waals surface area contributed by atoms with E-state index in [9.17, 15) is 9.59 Å². The van der Waals surface area contributed by atoms with Gasteiger partial charge in [-0.15, -0.1) is 0 Å². The van der Waals surface area contributed by atoms with E-state index in [1.165, 1.54) is 0 Å². The van der Waals surface area contributed by atoms with Gasteiger partial charge in [-0.3, -0.25) is 14.5 Å². The first kappa shape index (κ1) is 16.0. The van der Waals surface area contributed by atoms with Crippen LogP contribution in [0.2, 0.25) is 0 Å². The molecule has 1 N–H and O–H groups in total. The predicted octanol–water partition coefficient (Wildman–Crippen LogP) is 0.908. The van der Waals surface area contributed by atoms with Crippen molar-refractivity contribution < 1.29 is 14.3 Å². The fraction of sp³-hybridized carbons (Fsp3) is 0.529. The molecule has 0 aliphatic carbocycles. The molecule has 2 aliphatic rings. The van der Waals surface area contributed by atoms with Gasteiger partial charge < -0.3 is 15.0 Å². The normalized spacial score (nSPS) is 19.9. The number of ether oxygens (including phenoxy) is 1. The van der Waals surface area contributed by atoms with E-state index in [0.29, 0.717) is 17.0 Å². The Kier molecular flexibility index (Phi) is 4.63. The molecule has 3 rings (SSSR count). The molecule has 1 atom stereocenters. The van der Waals surface area contributed by atoms with Crippen LogP contribution in [0.4, 0.5) is 5.69 Å². The second-order valence-electron chi connectivity index (χ2n) is 6.00. The number of nitrogens with zero attached hydrogens (tertiary/aromatic N) is 2. The molecule has 0 saturated carbocycles. The van der Waals surface area contributed by atoms with Gasteiger partial charge in [-0.25, -0.2) is 0 Å². The van der Waals surface area contributed by atoms with E-state index in [2.05, 4.69) is 10.2 Å². The van der Waals surface area contributed by atoms with Crippen molar-refractivity contribution in [3.63, 3.8) is 0 Å². The number of amides is 1. The Morgan fingerprint density at radius 2 is 2.09 bits per heavy atom. The summed E-state index contributed by atoms with van der Waals surface area (Å²) in [4.78, 5) is 28.5. The van der Waals surface area contributed by atoms with Gasteiger partial charge in [0, 0.05) is 38.8 Å². The molecule has 1 saturated heterocycles. The first-order valence-corrected chi connectivity index (χ1v) is 8.14. The number of ketones is 1. The van der Waals surface area contributed by atoms with E-state index in [0.717, 1.165) is 32.6 Å². The van der Waals surface area contributed by atoms with Crippen LogP contribution in [0.25, 0.3) is 0 Å². The van der Waals surface area contributed by atoms with Crippen LogP contribution in [0.5, 0.6) is 5.75 Å². The van der Waals surface area contributed by atoms with Crippen LogP contribution in [0.1, 0.15) is 23.7 Å². The van der Waals surface area contributed by atoms with Crippen molar-refractivity contribution in [2.24, 2.45) is 0 Å². The Hall–Kier alpha value is -1.92. The molecule has 0 radical (unpaired) electrons. The zero-order valence-corrected chi connectivity index (χ0v) is 13.7. The molecule has 1 unspecified atom stereocenters. The Morgan fingerprint density at radius 1 is 1.35 bits per heavy atom. The lowest BCUT2D eigenvalue weighted by Crippen LogP contribution is -2.51. The number of hydrogen-bond acceptors (Lipinski definition) is 5. The average Bonchev–Trinajstić information content (AvgIpc) is 2.59. The highest BCUT2D eigenvalue weighted by atomic mass is 16.5. The Morgan fingerprint density at radius 3 is 2.78 bits per heavy atom. The van der Waals surface area contributed by atoms with E-state index in [4.69, 9.17) is 4.74 Å². The van der Waals surface area contributed by atoms with Gasteiger partial charge in [0.15, 0.2) is 12.4 Å². The molecule has 124 valence electrons. The highest BCUT2D eigenvalue weighted by molar-refractivity contribution is 6.03. The summed E-state index contributed by atoms with van der Waals surface area (Å²) in [6.45, 7) is 5.70. The summed E-state index contributed by atoms with van der Waals surface area (Å²) >= 11 is 0. The van der Waals surface area contributed by atoms with Gasteiger partial charge in [-0.05, 0) is 24.6 Å². The Balaban J connectivity index is 1.85. The van der Waals surface area contributed by atoms with Crippen molar-refractivity contribution in [3.05, 3.63) is 23.8 Å². The maximum absolute atomic E-state index is 12.9. The number of anilines is 1. The standard InChI is InChI=1S/C17H23N3O3/c1-3-13(20-8-6-18-7-9-20)17(22)12-4-5-15-14(10-12)19(2)16(21)11-23-15/h4-5,10,13,18H,3,6-9,11H2,1-2H3. The zero-order chi connectivity index (χ0) is 16.4. The minimum Gasteiger partial charge on any atom is -0.482 e. The number of benzene rings is 1. The fourth-order valence-corrected chi connectivity index (χ4v) is 3.22. The average molecular weight is 317 g/mol. The number of piperazine rings is 1. The lowest BCUT2D eigenvalue weighted by atomic mass is 9.99. The van der Waals surface area contributed by atoms with Crippen molar-refractivity contribution in [2.45, 2.75) is 19.4 Å². The lowest BCUT2D eigenvalue weighted by molar-refractivity contribution is -0.120. The van der Waals surface area contributed by atoms with Crippen LogP contribution in [0.3, 0.4) is 0 Å². The number of hydrogen-bond donors (Lipinski definition) is 1. The van der Waals surface area contributed by atoms with E-state index >= 15 is 0 Å². The molecular weight excluding hydrogens is 294 g/mol. The van der Waals surface area contributed by atoms with E-state index < -0.39 is 0 Å². The van der Waals surface area contributed by atoms with Gasteiger partial charge in [0.25, 0.3) is 5.91 Å². The summed E-state index contributed by atoms with van der Waals surface area (Å²) in [5, 5.41) is 3.31. The van der Waals surface area contributed by atoms with Crippen LogP contribution in [-0.4, -0.2) is 62.5 Å². The number of fused-ring (bicyclic) bond motifs is 1. The summed E-state index contributed by atoms with van der Waals surface area (Å²) < 4.78 is 5.42. The minimum absolute atomic E-state index is 0.0507. The SMILES string of the molecule is CCC(C(=O)c1ccc2c(c1)N(C)C(=O)CO2)N1CCNCC1. The van der Waals surface area contributed by atoms with Gasteiger partial charge in [0.1, 0.15) is 5.75 Å². The molecule has 1 amide bonds. The van der Waals surface area contributed by atoms with Crippen LogP contribution < -0.4 is 15.0 Å². The fourth-order valence-electron chi connectivity index (χ4n) is 3.22. The van der Waals surface area contributed by atoms with E-state index in [1.807, 2.05) is 6.92 Å². The second kappa shape index (κ2) is 6.68. The number of carbonyl (C=O) groups is 2. The van der Waals surface area contributed by atoms with Gasteiger partial charge in [0.2, 0.25) is 0 Å². The molecule has 2 heterocycles. The molecule has 2 aliphatic heterocycles. The molecule has 1 aromatic carbocycles. The van der Waals surface area contributed by atoms with Crippen LogP contribution in [0.15, 0.2) is 18.2 Å². The molecular formula is C17H23N3O3. The van der Waals surface area contributed by atoms with Gasteiger partial charge >= 0.3 is 0 Å². The van der Waals surface area contributed by atoms with E-state index in [1.54, 1.807) is 30.1 Å². The van der Waals surface area contributed by atoms with Crippen molar-refractivity contribution in [2.75, 3.05) is 44.7 Å². The lowest BCUT2D eigenvalue weighted by Gasteiger charge is -2.33. The van der Waals surface area contributed by atoms with Gasteiger partial charge in [-0.1, -0.05) is 6.92 Å². The maximum Gasteiger partial charge on any atom is 0.264 e. The Bertz CT molecular complexity index is 611. The van der Waals surface area contributed by atoms with Crippen LogP contribution in [0, 0.1) is 0 Å². The smallest absolute Gasteiger partial charge is 0.264 e. The van der Waals surface area contributed by atoms with E-state index in [-0.39, 0.29) is 24.3 Å². The van der Waals surface area contributed by atoms with Crippen molar-refractivity contribution >= 4 is 17.4 Å². The quantitative estimate of drug-likeness (QED) is 0.837. The van der Waals surface area contributed by atoms with Crippen molar-refractivity contribution in [1.82, 2.24) is 10.2 Å². The third kappa shape index (κ3) is 3.09. The van der Waals surface area contributed by atoms with Crippen molar-refractivity contribution in [1.29, 1.82) is 0 Å². The molecule has 6 nitrogen and oxygen atoms in total. The highest BCUT2D eigenvalue weighted by Crippen LogP contribution is 2.32. The minimum atomic E-state index is -0.110. The Labute approximate surface area is 136 Å². The molecule has 0 spiro atoms. The number of rotatable bonds is 4. The third-order valence-electron chi connectivity index (χ3n) is 4.61. The van der Waals surface area contributed by atoms with Crippen molar-refractivity contribution in [3.8, 4) is 5.75 Å². The van der Waals surface area contributed by atoms with Gasteiger partial charge in [-0.2, -0.15) is 0 Å². The molecule has 1 fully saturated rings. The zero-order valence-electron chi connectivity index (χ0n) is 13.7. The molecule has 23 heavy (non-hydrogen) atoms. The number of Topliss-reactive ketones (excluding diaryl/α,β-unsaturated/α-hetero) is 1. The number of carbonyl (C=O) groups excluding carboxylic acids is 2. The highest BCUT2D eigenvalue weighted by Gasteiger charge is 2.28. The summed E-state index contributed by atoms with van der Waals surface area (Å²) in [6, 6.07) is 5.26. The predicted molar refractivity (Wildman–Crippen MR) is 88.2 cm³/mol. The molecule has 0 bridgehead atoms. The third-order valence-corrected chi connectivity index (χ3v) is 4.61. The molecule has 0 aromatic heterocycles. The van der Waals surface area contributed by atoms with Crippen LogP contribution in [-0.2, 0) is 4.79 Å². The summed E-state index contributed by atoms with van der Waals surface area (Å²) in [6.07, 6.45) is 0.779.